The highest BCUT2D eigenvalue weighted by atomic mass is 16.6. The van der Waals surface area contributed by atoms with Crippen LogP contribution in [-0.4, -0.2) is 65.7 Å². The summed E-state index contributed by atoms with van der Waals surface area (Å²) in [7, 11) is 0. The molecule has 0 radical (unpaired) electrons. The number of nitrogens with one attached hydrogen (secondary N) is 3. The lowest BCUT2D eigenvalue weighted by Crippen LogP contribution is -2.63. The number of likely N-dealkylation sites (tertiary alicyclic amines) is 1. The van der Waals surface area contributed by atoms with Crippen LogP contribution in [0.15, 0.2) is 23.2 Å². The van der Waals surface area contributed by atoms with Gasteiger partial charge in [-0.3, -0.25) is 9.79 Å². The Bertz CT molecular complexity index is 738. The zero-order valence-electron chi connectivity index (χ0n) is 17.9. The number of amides is 2. The maximum atomic E-state index is 12.1. The first-order valence-corrected chi connectivity index (χ1v) is 9.92. The standard InChI is InChI=1S/C20H32N6O3/c1-6-21-18(24-15-12-26(13-15)19(28)29-20(3,4)5)22-11-10-17(27)25-16-9-7-8-14(2)23-16/h7-9,15H,6,10-13H2,1-5H3,(H2,21,22,24)(H,23,25,27). The number of carbonyl (C=O) groups excluding carboxylic acids is 2. The molecule has 2 rings (SSSR count). The lowest BCUT2D eigenvalue weighted by atomic mass is 10.1. The molecule has 160 valence electrons. The first-order valence-electron chi connectivity index (χ1n) is 9.92. The van der Waals surface area contributed by atoms with E-state index in [1.54, 1.807) is 11.0 Å². The molecule has 1 aliphatic rings. The first kappa shape index (κ1) is 22.4. The second kappa shape index (κ2) is 10.1. The van der Waals surface area contributed by atoms with Crippen molar-refractivity contribution in [2.24, 2.45) is 4.99 Å². The highest BCUT2D eigenvalue weighted by Crippen LogP contribution is 2.15. The average molecular weight is 405 g/mol. The zero-order valence-corrected chi connectivity index (χ0v) is 17.9. The highest BCUT2D eigenvalue weighted by Gasteiger charge is 2.34. The van der Waals surface area contributed by atoms with E-state index in [9.17, 15) is 9.59 Å². The minimum absolute atomic E-state index is 0.102. The Morgan fingerprint density at radius 3 is 2.66 bits per heavy atom. The van der Waals surface area contributed by atoms with Gasteiger partial charge in [-0.2, -0.15) is 0 Å². The van der Waals surface area contributed by atoms with Crippen molar-refractivity contribution >= 4 is 23.8 Å². The third-order valence-electron chi connectivity index (χ3n) is 3.98. The van der Waals surface area contributed by atoms with Gasteiger partial charge in [0.25, 0.3) is 0 Å². The molecule has 2 heterocycles. The number of hydrogen-bond donors (Lipinski definition) is 3. The Hall–Kier alpha value is -2.84. The van der Waals surface area contributed by atoms with Crippen LogP contribution >= 0.6 is 0 Å². The van der Waals surface area contributed by atoms with Crippen LogP contribution in [0, 0.1) is 6.92 Å². The van der Waals surface area contributed by atoms with Crippen molar-refractivity contribution in [3.63, 3.8) is 0 Å². The molecule has 0 aromatic carbocycles. The Kier molecular flexibility index (Phi) is 7.81. The Labute approximate surface area is 172 Å². The fraction of sp³-hybridized carbons (Fsp3) is 0.600. The second-order valence-corrected chi connectivity index (χ2v) is 7.95. The molecule has 1 saturated heterocycles. The summed E-state index contributed by atoms with van der Waals surface area (Å²) in [4.78, 5) is 34.4. The quantitative estimate of drug-likeness (QED) is 0.494. The number of aromatic nitrogens is 1. The average Bonchev–Trinajstić information content (AvgIpc) is 2.55. The molecule has 2 amide bonds. The van der Waals surface area contributed by atoms with Gasteiger partial charge in [-0.25, -0.2) is 9.78 Å². The molecule has 1 aromatic heterocycles. The smallest absolute Gasteiger partial charge is 0.410 e. The summed E-state index contributed by atoms with van der Waals surface area (Å²) in [5.41, 5.74) is 0.348. The van der Waals surface area contributed by atoms with Crippen LogP contribution in [0.5, 0.6) is 0 Å². The third kappa shape index (κ3) is 7.97. The number of rotatable bonds is 6. The Balaban J connectivity index is 1.75. The molecular formula is C20H32N6O3. The summed E-state index contributed by atoms with van der Waals surface area (Å²) < 4.78 is 5.35. The van der Waals surface area contributed by atoms with Crippen molar-refractivity contribution in [3.8, 4) is 0 Å². The van der Waals surface area contributed by atoms with Crippen molar-refractivity contribution in [1.82, 2.24) is 20.5 Å². The van der Waals surface area contributed by atoms with Gasteiger partial charge in [0, 0.05) is 31.7 Å². The fourth-order valence-electron chi connectivity index (χ4n) is 2.65. The van der Waals surface area contributed by atoms with Gasteiger partial charge >= 0.3 is 6.09 Å². The van der Waals surface area contributed by atoms with Gasteiger partial charge in [0.05, 0.1) is 12.6 Å². The van der Waals surface area contributed by atoms with E-state index in [0.717, 1.165) is 5.69 Å². The molecule has 1 aromatic rings. The van der Waals surface area contributed by atoms with Gasteiger partial charge < -0.3 is 25.6 Å². The maximum absolute atomic E-state index is 12.1. The van der Waals surface area contributed by atoms with Gasteiger partial charge in [0.1, 0.15) is 11.4 Å². The molecule has 0 spiro atoms. The van der Waals surface area contributed by atoms with E-state index >= 15 is 0 Å². The van der Waals surface area contributed by atoms with Crippen LogP contribution in [0.25, 0.3) is 0 Å². The lowest BCUT2D eigenvalue weighted by Gasteiger charge is -2.40. The molecular weight excluding hydrogens is 372 g/mol. The summed E-state index contributed by atoms with van der Waals surface area (Å²) in [6, 6.07) is 5.58. The number of pyridine rings is 1. The van der Waals surface area contributed by atoms with Gasteiger partial charge in [0.15, 0.2) is 5.96 Å². The molecule has 1 aliphatic heterocycles. The van der Waals surface area contributed by atoms with E-state index in [2.05, 4.69) is 25.9 Å². The number of nitrogens with zero attached hydrogens (tertiary/aromatic N) is 3. The van der Waals surface area contributed by atoms with Crippen molar-refractivity contribution in [3.05, 3.63) is 23.9 Å². The van der Waals surface area contributed by atoms with E-state index in [4.69, 9.17) is 4.74 Å². The number of hydrogen-bond acceptors (Lipinski definition) is 5. The number of anilines is 1. The minimum atomic E-state index is -0.499. The number of guanidine groups is 1. The predicted octanol–water partition coefficient (Wildman–Crippen LogP) is 1.89. The first-order chi connectivity index (χ1) is 13.7. The van der Waals surface area contributed by atoms with Gasteiger partial charge in [0.2, 0.25) is 5.91 Å². The minimum Gasteiger partial charge on any atom is -0.444 e. The normalized spacial score (nSPS) is 14.8. The monoisotopic (exact) mass is 404 g/mol. The largest absolute Gasteiger partial charge is 0.444 e. The molecule has 0 bridgehead atoms. The summed E-state index contributed by atoms with van der Waals surface area (Å²) >= 11 is 0. The third-order valence-corrected chi connectivity index (χ3v) is 3.98. The highest BCUT2D eigenvalue weighted by molar-refractivity contribution is 5.90. The molecule has 9 nitrogen and oxygen atoms in total. The van der Waals surface area contributed by atoms with Gasteiger partial charge in [-0.15, -0.1) is 0 Å². The Morgan fingerprint density at radius 1 is 1.31 bits per heavy atom. The Morgan fingerprint density at radius 2 is 2.03 bits per heavy atom. The zero-order chi connectivity index (χ0) is 21.4. The number of aliphatic imine (C=N–C) groups is 1. The van der Waals surface area contributed by atoms with Crippen LogP contribution in [0.1, 0.15) is 39.8 Å². The summed E-state index contributed by atoms with van der Waals surface area (Å²) in [6.07, 6.45) is -0.0557. The number of ether oxygens (including phenoxy) is 1. The van der Waals surface area contributed by atoms with Crippen molar-refractivity contribution in [2.75, 3.05) is 31.5 Å². The molecule has 0 aliphatic carbocycles. The fourth-order valence-corrected chi connectivity index (χ4v) is 2.65. The van der Waals surface area contributed by atoms with Crippen LogP contribution in [-0.2, 0) is 9.53 Å². The van der Waals surface area contributed by atoms with Crippen LogP contribution < -0.4 is 16.0 Å². The van der Waals surface area contributed by atoms with E-state index in [1.807, 2.05) is 46.8 Å². The van der Waals surface area contributed by atoms with E-state index in [1.165, 1.54) is 0 Å². The van der Waals surface area contributed by atoms with Gasteiger partial charge in [-0.05, 0) is 46.8 Å². The second-order valence-electron chi connectivity index (χ2n) is 7.95. The summed E-state index contributed by atoms with van der Waals surface area (Å²) in [5, 5.41) is 9.20. The lowest BCUT2D eigenvalue weighted by molar-refractivity contribution is -0.116. The van der Waals surface area contributed by atoms with Crippen molar-refractivity contribution in [1.29, 1.82) is 0 Å². The van der Waals surface area contributed by atoms with Crippen LogP contribution in [0.4, 0.5) is 10.6 Å². The maximum Gasteiger partial charge on any atom is 0.410 e. The van der Waals surface area contributed by atoms with E-state index < -0.39 is 5.60 Å². The molecule has 0 saturated carbocycles. The molecule has 1 fully saturated rings. The number of carbonyl (C=O) groups is 2. The van der Waals surface area contributed by atoms with Crippen molar-refractivity contribution < 1.29 is 14.3 Å². The number of aryl methyl sites for hydroxylation is 1. The summed E-state index contributed by atoms with van der Waals surface area (Å²) in [5.74, 6) is 1.03. The molecule has 9 heteroatoms. The van der Waals surface area contributed by atoms with E-state index in [0.29, 0.717) is 38.0 Å². The van der Waals surface area contributed by atoms with Crippen LogP contribution in [0.2, 0.25) is 0 Å². The molecule has 0 atom stereocenters. The van der Waals surface area contributed by atoms with Crippen LogP contribution in [0.3, 0.4) is 0 Å². The predicted molar refractivity (Wildman–Crippen MR) is 113 cm³/mol. The van der Waals surface area contributed by atoms with Crippen molar-refractivity contribution in [2.45, 2.75) is 52.7 Å². The van der Waals surface area contributed by atoms with E-state index in [-0.39, 0.29) is 24.5 Å². The SMILES string of the molecule is CCNC(=NCCC(=O)Nc1cccc(C)n1)NC1CN(C(=O)OC(C)(C)C)C1. The molecule has 3 N–H and O–H groups in total. The molecule has 29 heavy (non-hydrogen) atoms. The molecule has 0 unspecified atom stereocenters. The topological polar surface area (TPSA) is 108 Å². The van der Waals surface area contributed by atoms with Gasteiger partial charge in [-0.1, -0.05) is 6.07 Å². The summed E-state index contributed by atoms with van der Waals surface area (Å²) in [6.45, 7) is 11.5.